The van der Waals surface area contributed by atoms with Gasteiger partial charge in [-0.2, -0.15) is 12.8 Å². The smallest absolute Gasteiger partial charge is 0.326 e. The van der Waals surface area contributed by atoms with Gasteiger partial charge in [0.25, 0.3) is 0 Å². The number of nitrogens with two attached hydrogens (primary N) is 2. The van der Waals surface area contributed by atoms with Gasteiger partial charge in [0.15, 0.2) is 5.96 Å². The largest absolute Gasteiger partial charge is 0.480 e. The number of carboxylic acid groups (broad SMARTS) is 1. The number of carbonyl (C=O) groups is 2. The van der Waals surface area contributed by atoms with Gasteiger partial charge in [0, 0.05) is 13.1 Å². The highest BCUT2D eigenvalue weighted by molar-refractivity contribution is 7.61. The molecule has 0 radical (unpaired) electrons. The van der Waals surface area contributed by atoms with Gasteiger partial charge >= 0.3 is 16.5 Å². The van der Waals surface area contributed by atoms with E-state index < -0.39 is 34.5 Å². The summed E-state index contributed by atoms with van der Waals surface area (Å²) in [5.41, 5.74) is 10.4. The summed E-state index contributed by atoms with van der Waals surface area (Å²) in [4.78, 5) is 28.7. The van der Waals surface area contributed by atoms with Crippen molar-refractivity contribution >= 4 is 28.3 Å². The number of hydrogen-bond donors (Lipinski definition) is 3. The van der Waals surface area contributed by atoms with Crippen LogP contribution in [0.4, 0.5) is 0 Å². The van der Waals surface area contributed by atoms with Crippen LogP contribution in [0, 0.1) is 0 Å². The second kappa shape index (κ2) is 9.08. The molecular weight excluding hydrogens is 326 g/mol. The van der Waals surface area contributed by atoms with Crippen molar-refractivity contribution in [3.8, 4) is 0 Å². The van der Waals surface area contributed by atoms with Crippen molar-refractivity contribution in [3.63, 3.8) is 0 Å². The van der Waals surface area contributed by atoms with Crippen LogP contribution in [0.5, 0.6) is 0 Å². The number of nitrogens with zero attached hydrogens (tertiary/aromatic N) is 3. The number of carbonyl (C=O) groups excluding carboxylic acids is 1. The first kappa shape index (κ1) is 18.9. The number of amides is 1. The van der Waals surface area contributed by atoms with Crippen LogP contribution >= 0.6 is 0 Å². The molecule has 0 aliphatic carbocycles. The fourth-order valence-corrected chi connectivity index (χ4v) is 2.86. The highest BCUT2D eigenvalue weighted by Gasteiger charge is 2.35. The summed E-state index contributed by atoms with van der Waals surface area (Å²) in [7, 11) is -2.76. The first-order valence-corrected chi connectivity index (χ1v) is 8.25. The molecule has 1 saturated heterocycles. The summed E-state index contributed by atoms with van der Waals surface area (Å²) >= 11 is 0. The van der Waals surface area contributed by atoms with E-state index in [1.165, 1.54) is 4.90 Å². The average Bonchev–Trinajstić information content (AvgIpc) is 2.49. The second-order valence-electron chi connectivity index (χ2n) is 5.17. The highest BCUT2D eigenvalue weighted by atomic mass is 32.2. The van der Waals surface area contributed by atoms with Crippen molar-refractivity contribution in [2.24, 2.45) is 20.8 Å². The molecule has 0 spiro atoms. The molecule has 0 aromatic carbocycles. The number of guanidine groups is 1. The Morgan fingerprint density at radius 3 is 2.57 bits per heavy atom. The first-order valence-electron chi connectivity index (χ1n) is 7.22. The van der Waals surface area contributed by atoms with E-state index in [9.17, 15) is 23.1 Å². The molecule has 1 aliphatic heterocycles. The number of carboxylic acids is 1. The maximum absolute atomic E-state index is 12.5. The van der Waals surface area contributed by atoms with Crippen LogP contribution in [-0.2, 0) is 20.1 Å². The zero-order valence-electron chi connectivity index (χ0n) is 12.6. The number of likely N-dealkylation sites (tertiary alicyclic amines) is 1. The standard InChI is InChI=1S/C12H21N5O5S/c13-12(14)15-6-3-4-8(16-23(21)22)10(18)17-7-2-1-5-9(17)11(19)20/h8-9H,1-7H2,(H,19,20)(H4,13,14,15)/t8-,9?/m0/s1. The highest BCUT2D eigenvalue weighted by Crippen LogP contribution is 2.20. The van der Waals surface area contributed by atoms with Crippen LogP contribution in [0.2, 0.25) is 0 Å². The Kier molecular flexibility index (Phi) is 7.45. The van der Waals surface area contributed by atoms with E-state index in [4.69, 9.17) is 11.5 Å². The number of aliphatic imine (C=N–C) groups is 1. The third-order valence-corrected chi connectivity index (χ3v) is 3.93. The number of aliphatic carboxylic acids is 1. The fourth-order valence-electron chi connectivity index (χ4n) is 2.46. The summed E-state index contributed by atoms with van der Waals surface area (Å²) < 4.78 is 25.0. The van der Waals surface area contributed by atoms with E-state index in [1.54, 1.807) is 0 Å². The van der Waals surface area contributed by atoms with Gasteiger partial charge in [0.2, 0.25) is 5.91 Å². The molecule has 2 atom stereocenters. The number of rotatable bonds is 7. The molecule has 0 saturated carbocycles. The molecule has 0 aromatic rings. The molecule has 1 fully saturated rings. The first-order chi connectivity index (χ1) is 10.8. The summed E-state index contributed by atoms with van der Waals surface area (Å²) in [6.45, 7) is 0.511. The predicted octanol–water partition coefficient (Wildman–Crippen LogP) is -1.06. The topological polar surface area (TPSA) is 169 Å². The van der Waals surface area contributed by atoms with E-state index in [0.29, 0.717) is 25.7 Å². The molecule has 130 valence electrons. The third-order valence-electron chi connectivity index (χ3n) is 3.50. The van der Waals surface area contributed by atoms with Gasteiger partial charge in [-0.05, 0) is 32.1 Å². The molecule has 11 heteroatoms. The van der Waals surface area contributed by atoms with Gasteiger partial charge in [-0.15, -0.1) is 0 Å². The van der Waals surface area contributed by atoms with Crippen molar-refractivity contribution in [3.05, 3.63) is 0 Å². The van der Waals surface area contributed by atoms with Crippen molar-refractivity contribution in [1.29, 1.82) is 0 Å². The maximum Gasteiger partial charge on any atom is 0.326 e. The van der Waals surface area contributed by atoms with Crippen molar-refractivity contribution in [2.45, 2.75) is 44.2 Å². The van der Waals surface area contributed by atoms with Crippen molar-refractivity contribution in [2.75, 3.05) is 13.1 Å². The van der Waals surface area contributed by atoms with Crippen LogP contribution in [0.3, 0.4) is 0 Å². The van der Waals surface area contributed by atoms with Crippen molar-refractivity contribution in [1.82, 2.24) is 4.90 Å². The monoisotopic (exact) mass is 347 g/mol. The Bertz CT molecular complexity index is 591. The molecule has 1 heterocycles. The van der Waals surface area contributed by atoms with Crippen molar-refractivity contribution < 1.29 is 23.1 Å². The van der Waals surface area contributed by atoms with Crippen LogP contribution < -0.4 is 11.5 Å². The van der Waals surface area contributed by atoms with Gasteiger partial charge in [-0.25, -0.2) is 4.79 Å². The summed E-state index contributed by atoms with van der Waals surface area (Å²) in [5.74, 6) is -1.79. The fraction of sp³-hybridized carbons (Fsp3) is 0.750. The molecule has 5 N–H and O–H groups in total. The number of hydrogen-bond acceptors (Lipinski definition) is 6. The average molecular weight is 347 g/mol. The van der Waals surface area contributed by atoms with Crippen LogP contribution in [0.1, 0.15) is 32.1 Å². The lowest BCUT2D eigenvalue weighted by atomic mass is 10.00. The maximum atomic E-state index is 12.5. The molecule has 23 heavy (non-hydrogen) atoms. The Morgan fingerprint density at radius 1 is 1.30 bits per heavy atom. The molecular formula is C12H21N5O5S. The molecule has 0 aromatic heterocycles. The normalized spacial score (nSPS) is 18.8. The van der Waals surface area contributed by atoms with Gasteiger partial charge in [-0.3, -0.25) is 9.79 Å². The second-order valence-corrected chi connectivity index (χ2v) is 5.81. The lowest BCUT2D eigenvalue weighted by Crippen LogP contribution is -2.51. The molecule has 1 unspecified atom stereocenters. The van der Waals surface area contributed by atoms with E-state index in [-0.39, 0.29) is 25.5 Å². The van der Waals surface area contributed by atoms with Gasteiger partial charge < -0.3 is 21.5 Å². The zero-order chi connectivity index (χ0) is 17.4. The lowest BCUT2D eigenvalue weighted by Gasteiger charge is -2.34. The molecule has 10 nitrogen and oxygen atoms in total. The Morgan fingerprint density at radius 2 is 2.00 bits per heavy atom. The summed E-state index contributed by atoms with van der Waals surface area (Å²) in [6.07, 6.45) is 2.20. The van der Waals surface area contributed by atoms with Gasteiger partial charge in [-0.1, -0.05) is 0 Å². The van der Waals surface area contributed by atoms with E-state index in [1.807, 2.05) is 0 Å². The Hall–Kier alpha value is -2.17. The minimum atomic E-state index is -2.76. The molecule has 1 aliphatic rings. The van der Waals surface area contributed by atoms with E-state index >= 15 is 0 Å². The SMILES string of the molecule is NC(N)=NCCC[C@H](N=S(=O)=O)C(=O)N1CCCCC1C(=O)O. The quantitative estimate of drug-likeness (QED) is 0.299. The Labute approximate surface area is 135 Å². The lowest BCUT2D eigenvalue weighted by molar-refractivity contribution is -0.152. The van der Waals surface area contributed by atoms with Gasteiger partial charge in [0.05, 0.1) is 0 Å². The zero-order valence-corrected chi connectivity index (χ0v) is 13.4. The van der Waals surface area contributed by atoms with E-state index in [2.05, 4.69) is 9.36 Å². The van der Waals surface area contributed by atoms with Crippen LogP contribution in [-0.4, -0.2) is 61.4 Å². The van der Waals surface area contributed by atoms with E-state index in [0.717, 1.165) is 0 Å². The predicted molar refractivity (Wildman–Crippen MR) is 82.0 cm³/mol. The summed E-state index contributed by atoms with van der Waals surface area (Å²) in [5, 5.41) is 9.20. The molecule has 1 rings (SSSR count). The molecule has 0 bridgehead atoms. The summed E-state index contributed by atoms with van der Waals surface area (Å²) in [6, 6.07) is -2.09. The van der Waals surface area contributed by atoms with Gasteiger partial charge in [0.1, 0.15) is 12.1 Å². The molecule has 1 amide bonds. The minimum absolute atomic E-state index is 0.0980. The van der Waals surface area contributed by atoms with Crippen LogP contribution in [0.15, 0.2) is 9.36 Å². The minimum Gasteiger partial charge on any atom is -0.480 e. The third kappa shape index (κ3) is 6.22. The van der Waals surface area contributed by atoms with Crippen LogP contribution in [0.25, 0.3) is 0 Å². The number of piperidine rings is 1. The Balaban J connectivity index is 2.83.